The zero-order chi connectivity index (χ0) is 11.2. The minimum Gasteiger partial charge on any atom is -0.397 e. The minimum atomic E-state index is 0.640. The van der Waals surface area contributed by atoms with Crippen LogP contribution in [-0.2, 0) is 0 Å². The molecule has 2 N–H and O–H groups in total. The van der Waals surface area contributed by atoms with E-state index in [4.69, 9.17) is 17.3 Å². The van der Waals surface area contributed by atoms with Gasteiger partial charge in [0.15, 0.2) is 0 Å². The molecule has 15 heavy (non-hydrogen) atoms. The van der Waals surface area contributed by atoms with Crippen molar-refractivity contribution in [3.05, 3.63) is 32.9 Å². The Bertz CT molecular complexity index is 552. The first-order valence-electron chi connectivity index (χ1n) is 4.52. The Morgan fingerprint density at radius 1 is 1.33 bits per heavy atom. The van der Waals surface area contributed by atoms with Crippen LogP contribution >= 0.6 is 27.5 Å². The van der Waals surface area contributed by atoms with Crippen molar-refractivity contribution < 1.29 is 0 Å². The van der Waals surface area contributed by atoms with Crippen LogP contribution in [0.15, 0.2) is 16.6 Å². The standard InChI is InChI=1S/C11H10BrClN2/c1-5-3-4-7(13)8-10(14)9(12)6(2)15-11(5)8/h3-4H,1-2H3,(H2,14,15). The molecule has 0 atom stereocenters. The van der Waals surface area contributed by atoms with Gasteiger partial charge in [-0.05, 0) is 41.4 Å². The molecule has 0 radical (unpaired) electrons. The number of nitrogens with zero attached hydrogens (tertiary/aromatic N) is 1. The van der Waals surface area contributed by atoms with E-state index in [1.54, 1.807) is 0 Å². The van der Waals surface area contributed by atoms with Crippen molar-refractivity contribution in [2.75, 3.05) is 5.73 Å². The van der Waals surface area contributed by atoms with Gasteiger partial charge in [0.2, 0.25) is 0 Å². The summed E-state index contributed by atoms with van der Waals surface area (Å²) in [6.45, 7) is 3.92. The molecule has 2 nitrogen and oxygen atoms in total. The van der Waals surface area contributed by atoms with Crippen molar-refractivity contribution in [2.24, 2.45) is 0 Å². The van der Waals surface area contributed by atoms with E-state index in [2.05, 4.69) is 20.9 Å². The Kier molecular flexibility index (Phi) is 2.61. The molecule has 0 aliphatic carbocycles. The van der Waals surface area contributed by atoms with E-state index in [0.29, 0.717) is 10.7 Å². The summed E-state index contributed by atoms with van der Waals surface area (Å²) in [7, 11) is 0. The second-order valence-corrected chi connectivity index (χ2v) is 4.71. The molecule has 0 amide bonds. The molecule has 2 aromatic rings. The fraction of sp³-hybridized carbons (Fsp3) is 0.182. The molecule has 0 fully saturated rings. The summed E-state index contributed by atoms with van der Waals surface area (Å²) in [6, 6.07) is 3.80. The third-order valence-electron chi connectivity index (χ3n) is 2.43. The van der Waals surface area contributed by atoms with Crippen LogP contribution in [0.4, 0.5) is 5.69 Å². The summed E-state index contributed by atoms with van der Waals surface area (Å²) in [5, 5.41) is 1.47. The summed E-state index contributed by atoms with van der Waals surface area (Å²) in [5.41, 5.74) is 9.51. The van der Waals surface area contributed by atoms with E-state index < -0.39 is 0 Å². The fourth-order valence-electron chi connectivity index (χ4n) is 1.59. The average Bonchev–Trinajstić information content (AvgIpc) is 2.20. The van der Waals surface area contributed by atoms with Gasteiger partial charge in [-0.25, -0.2) is 0 Å². The van der Waals surface area contributed by atoms with Crippen LogP contribution in [0.3, 0.4) is 0 Å². The summed E-state index contributed by atoms with van der Waals surface area (Å²) in [6.07, 6.45) is 0. The maximum absolute atomic E-state index is 6.12. The topological polar surface area (TPSA) is 38.9 Å². The van der Waals surface area contributed by atoms with Gasteiger partial charge in [-0.15, -0.1) is 0 Å². The number of nitrogen functional groups attached to an aromatic ring is 1. The molecule has 1 aromatic carbocycles. The molecule has 0 aliphatic heterocycles. The summed E-state index contributed by atoms with van der Waals surface area (Å²) < 4.78 is 0.822. The van der Waals surface area contributed by atoms with Gasteiger partial charge < -0.3 is 5.73 Å². The zero-order valence-corrected chi connectivity index (χ0v) is 10.8. The van der Waals surface area contributed by atoms with Gasteiger partial charge in [0.1, 0.15) is 0 Å². The van der Waals surface area contributed by atoms with Crippen molar-refractivity contribution in [3.8, 4) is 0 Å². The highest BCUT2D eigenvalue weighted by Gasteiger charge is 2.12. The molecule has 4 heteroatoms. The minimum absolute atomic E-state index is 0.640. The lowest BCUT2D eigenvalue weighted by molar-refractivity contribution is 1.22. The summed E-state index contributed by atoms with van der Waals surface area (Å²) >= 11 is 9.53. The number of benzene rings is 1. The van der Waals surface area contributed by atoms with E-state index in [9.17, 15) is 0 Å². The molecule has 78 valence electrons. The van der Waals surface area contributed by atoms with Crippen molar-refractivity contribution in [2.45, 2.75) is 13.8 Å². The molecular weight excluding hydrogens is 275 g/mol. The Labute approximate surface area is 102 Å². The number of halogens is 2. The highest BCUT2D eigenvalue weighted by atomic mass is 79.9. The number of anilines is 1. The summed E-state index contributed by atoms with van der Waals surface area (Å²) in [4.78, 5) is 4.49. The normalized spacial score (nSPS) is 10.9. The van der Waals surface area contributed by atoms with E-state index in [-0.39, 0.29) is 0 Å². The summed E-state index contributed by atoms with van der Waals surface area (Å²) in [5.74, 6) is 0. The number of nitrogens with two attached hydrogens (primary N) is 1. The van der Waals surface area contributed by atoms with E-state index in [1.807, 2.05) is 26.0 Å². The van der Waals surface area contributed by atoms with Gasteiger partial charge in [-0.1, -0.05) is 17.7 Å². The predicted octanol–water partition coefficient (Wildman–Crippen LogP) is 3.85. The number of rotatable bonds is 0. The predicted molar refractivity (Wildman–Crippen MR) is 68.3 cm³/mol. The quantitative estimate of drug-likeness (QED) is 0.798. The molecule has 1 heterocycles. The number of aromatic nitrogens is 1. The molecule has 0 saturated heterocycles. The maximum Gasteiger partial charge on any atom is 0.0770 e. The van der Waals surface area contributed by atoms with Crippen molar-refractivity contribution >= 4 is 44.1 Å². The number of hydrogen-bond acceptors (Lipinski definition) is 2. The van der Waals surface area contributed by atoms with Gasteiger partial charge in [0.25, 0.3) is 0 Å². The lowest BCUT2D eigenvalue weighted by Gasteiger charge is -2.10. The molecular formula is C11H10BrClN2. The van der Waals surface area contributed by atoms with E-state index in [0.717, 1.165) is 26.6 Å². The second kappa shape index (κ2) is 3.65. The first kappa shape index (κ1) is 10.7. The highest BCUT2D eigenvalue weighted by molar-refractivity contribution is 9.10. The van der Waals surface area contributed by atoms with Crippen LogP contribution in [0.25, 0.3) is 10.9 Å². The van der Waals surface area contributed by atoms with Crippen LogP contribution in [-0.4, -0.2) is 4.98 Å². The van der Waals surface area contributed by atoms with Crippen LogP contribution in [0.1, 0.15) is 11.3 Å². The van der Waals surface area contributed by atoms with Crippen LogP contribution < -0.4 is 5.73 Å². The molecule has 0 aliphatic rings. The fourth-order valence-corrected chi connectivity index (χ4v) is 2.13. The van der Waals surface area contributed by atoms with Gasteiger partial charge in [0.05, 0.1) is 26.4 Å². The Hall–Kier alpha value is -0.800. The Morgan fingerprint density at radius 3 is 2.67 bits per heavy atom. The molecule has 0 spiro atoms. The Morgan fingerprint density at radius 2 is 2.00 bits per heavy atom. The average molecular weight is 286 g/mol. The van der Waals surface area contributed by atoms with E-state index in [1.165, 1.54) is 0 Å². The van der Waals surface area contributed by atoms with E-state index >= 15 is 0 Å². The van der Waals surface area contributed by atoms with Crippen LogP contribution in [0, 0.1) is 13.8 Å². The van der Waals surface area contributed by atoms with Crippen LogP contribution in [0.2, 0.25) is 5.02 Å². The molecule has 0 saturated carbocycles. The highest BCUT2D eigenvalue weighted by Crippen LogP contribution is 2.35. The molecule has 0 bridgehead atoms. The third kappa shape index (κ3) is 1.60. The Balaban J connectivity index is 3.04. The van der Waals surface area contributed by atoms with Crippen LogP contribution in [0.5, 0.6) is 0 Å². The molecule has 1 aromatic heterocycles. The lowest BCUT2D eigenvalue weighted by Crippen LogP contribution is -1.97. The largest absolute Gasteiger partial charge is 0.397 e. The van der Waals surface area contributed by atoms with Crippen molar-refractivity contribution in [3.63, 3.8) is 0 Å². The first-order chi connectivity index (χ1) is 7.02. The number of pyridine rings is 1. The number of hydrogen-bond donors (Lipinski definition) is 1. The van der Waals surface area contributed by atoms with Crippen molar-refractivity contribution in [1.82, 2.24) is 4.98 Å². The van der Waals surface area contributed by atoms with Gasteiger partial charge >= 0.3 is 0 Å². The van der Waals surface area contributed by atoms with Gasteiger partial charge in [-0.2, -0.15) is 0 Å². The number of fused-ring (bicyclic) bond motifs is 1. The molecule has 0 unspecified atom stereocenters. The van der Waals surface area contributed by atoms with Gasteiger partial charge in [-0.3, -0.25) is 4.98 Å². The van der Waals surface area contributed by atoms with Gasteiger partial charge in [0, 0.05) is 5.39 Å². The third-order valence-corrected chi connectivity index (χ3v) is 3.75. The lowest BCUT2D eigenvalue weighted by atomic mass is 10.1. The second-order valence-electron chi connectivity index (χ2n) is 3.51. The smallest absolute Gasteiger partial charge is 0.0770 e. The number of aryl methyl sites for hydroxylation is 2. The first-order valence-corrected chi connectivity index (χ1v) is 5.70. The zero-order valence-electron chi connectivity index (χ0n) is 8.44. The molecule has 2 rings (SSSR count). The maximum atomic E-state index is 6.12. The SMILES string of the molecule is Cc1nc2c(C)ccc(Cl)c2c(N)c1Br. The van der Waals surface area contributed by atoms with Crippen molar-refractivity contribution in [1.29, 1.82) is 0 Å². The monoisotopic (exact) mass is 284 g/mol.